The number of fused-ring (bicyclic) bond motifs is 7. The molecule has 2 aromatic carbocycles. The standard InChI is InChI=1S/C63H79NO8/c1-64-52-30-47-41(16-9-18-43(47)35-65)15-7-8-24-59-26-23-53-60(37-66)36-58(25-22-39(32-58)21-20-38-11-3-2-4-12-38)57(68)51-28-42-17-10-19-46(40-13-5-6-14-40)48(42)29-45(63(51,60)71)34-61(53,69)62(59,70)33-44-27-49(52)56-50(55(44)59)31-54(67)72-56/h2-4,9-12,16-18,31,37,39-40,42,44-46,48-49,51-53,55-57,64-65,68-71H,5-6,8,13-14,19-30,32-36H2,1H3. The van der Waals surface area contributed by atoms with Crippen molar-refractivity contribution in [2.24, 2.45) is 81.3 Å². The first-order valence-corrected chi connectivity index (χ1v) is 28.7. The number of aliphatic hydroxyl groups excluding tert-OH is 2. The molecule has 1 aliphatic heterocycles. The highest BCUT2D eigenvalue weighted by Crippen LogP contribution is 2.79. The molecule has 6 N–H and O–H groups in total. The molecule has 12 aliphatic rings. The summed E-state index contributed by atoms with van der Waals surface area (Å²) in [7, 11) is 1.95. The highest BCUT2D eigenvalue weighted by molar-refractivity contribution is 5.86. The number of ether oxygens (including phenoxy) is 1. The Balaban J connectivity index is 0.957. The lowest BCUT2D eigenvalue weighted by atomic mass is 9.33. The molecule has 0 aromatic heterocycles. The molecule has 2 spiro atoms. The number of aldehydes is 1. The zero-order valence-corrected chi connectivity index (χ0v) is 42.5. The van der Waals surface area contributed by atoms with Crippen molar-refractivity contribution in [1.29, 1.82) is 0 Å². The maximum Gasteiger partial charge on any atom is 0.331 e. The smallest absolute Gasteiger partial charge is 0.331 e. The Morgan fingerprint density at radius 1 is 0.889 bits per heavy atom. The second-order valence-corrected chi connectivity index (χ2v) is 26.2. The maximum absolute atomic E-state index is 15.2. The molecule has 0 radical (unpaired) electrons. The average Bonchev–Trinajstić information content (AvgIpc) is 4.19. The first-order chi connectivity index (χ1) is 34.9. The quantitative estimate of drug-likeness (QED) is 0.0695. The summed E-state index contributed by atoms with van der Waals surface area (Å²) in [6, 6.07) is 16.4. The third kappa shape index (κ3) is 6.60. The van der Waals surface area contributed by atoms with E-state index in [1.807, 2.05) is 25.2 Å². The molecule has 0 saturated heterocycles. The Labute approximate surface area is 427 Å². The topological polar surface area (TPSA) is 157 Å². The van der Waals surface area contributed by atoms with Gasteiger partial charge in [-0.25, -0.2) is 4.79 Å². The molecule has 11 aliphatic carbocycles. The van der Waals surface area contributed by atoms with Gasteiger partial charge in [0.15, 0.2) is 0 Å². The number of rotatable bonds is 7. The van der Waals surface area contributed by atoms with Crippen molar-refractivity contribution in [2.45, 2.75) is 176 Å². The fraction of sp³-hybridized carbons (Fsp3) is 0.683. The van der Waals surface area contributed by atoms with Gasteiger partial charge in [-0.2, -0.15) is 0 Å². The van der Waals surface area contributed by atoms with Gasteiger partial charge in [0, 0.05) is 47.3 Å². The second kappa shape index (κ2) is 17.5. The van der Waals surface area contributed by atoms with Crippen molar-refractivity contribution in [3.05, 3.63) is 94.6 Å². The summed E-state index contributed by atoms with van der Waals surface area (Å²) in [6.07, 6.45) is 21.9. The number of esters is 1. The minimum absolute atomic E-state index is 0.0916. The van der Waals surface area contributed by atoms with E-state index in [-0.39, 0.29) is 54.6 Å². The summed E-state index contributed by atoms with van der Waals surface area (Å²) in [6.45, 7) is -0.108. The summed E-state index contributed by atoms with van der Waals surface area (Å²) < 4.78 is 6.37. The van der Waals surface area contributed by atoms with Crippen LogP contribution < -0.4 is 5.32 Å². The predicted molar refractivity (Wildman–Crippen MR) is 273 cm³/mol. The molecule has 1 heterocycles. The number of hydrogen-bond donors (Lipinski definition) is 6. The highest BCUT2D eigenvalue weighted by atomic mass is 16.5. The van der Waals surface area contributed by atoms with Crippen LogP contribution in [-0.2, 0) is 33.8 Å². The van der Waals surface area contributed by atoms with E-state index in [2.05, 4.69) is 59.6 Å². The molecule has 9 heteroatoms. The lowest BCUT2D eigenvalue weighted by Gasteiger charge is -2.73. The molecule has 384 valence electrons. The molecule has 8 fully saturated rings. The number of likely N-dealkylation sites (N-methyl/N-ethyl adjacent to an activating group) is 1. The summed E-state index contributed by atoms with van der Waals surface area (Å²) in [5.74, 6) is 6.20. The van der Waals surface area contributed by atoms with E-state index in [1.165, 1.54) is 31.2 Å². The van der Waals surface area contributed by atoms with Gasteiger partial charge >= 0.3 is 5.97 Å². The van der Waals surface area contributed by atoms with Crippen molar-refractivity contribution in [3.8, 4) is 11.8 Å². The number of aliphatic hydroxyl groups is 5. The lowest BCUT2D eigenvalue weighted by Crippen LogP contribution is -2.82. The van der Waals surface area contributed by atoms with Gasteiger partial charge in [0.1, 0.15) is 18.0 Å². The molecule has 19 unspecified atom stereocenters. The van der Waals surface area contributed by atoms with E-state index in [1.54, 1.807) is 6.08 Å². The Morgan fingerprint density at radius 3 is 2.51 bits per heavy atom. The molecular weight excluding hydrogens is 899 g/mol. The number of carbonyl (C=O) groups is 2. The highest BCUT2D eigenvalue weighted by Gasteiger charge is 2.84. The first-order valence-electron chi connectivity index (χ1n) is 28.7. The van der Waals surface area contributed by atoms with E-state index in [0.717, 1.165) is 67.1 Å². The zero-order chi connectivity index (χ0) is 49.4. The van der Waals surface area contributed by atoms with E-state index < -0.39 is 63.0 Å². The van der Waals surface area contributed by atoms with Crippen molar-refractivity contribution in [3.63, 3.8) is 0 Å². The average molecular weight is 978 g/mol. The van der Waals surface area contributed by atoms with Gasteiger partial charge in [-0.15, -0.1) is 0 Å². The van der Waals surface area contributed by atoms with Gasteiger partial charge < -0.3 is 40.4 Å². The van der Waals surface area contributed by atoms with E-state index in [0.29, 0.717) is 82.0 Å². The van der Waals surface area contributed by atoms with Crippen LogP contribution in [0.2, 0.25) is 0 Å². The molecule has 9 nitrogen and oxygen atoms in total. The predicted octanol–water partition coefficient (Wildman–Crippen LogP) is 8.35. The van der Waals surface area contributed by atoms with Gasteiger partial charge in [-0.1, -0.05) is 92.1 Å². The van der Waals surface area contributed by atoms with Gasteiger partial charge in [0.25, 0.3) is 0 Å². The fourth-order valence-electron chi connectivity index (χ4n) is 21.2. The molecule has 72 heavy (non-hydrogen) atoms. The van der Waals surface area contributed by atoms with Crippen LogP contribution >= 0.6 is 0 Å². The SMILES string of the molecule is CNC1Cc2c(cccc2CO)C#CCCC23CCC4C(O)(CC5CC6C(C=CCC6C6CCCC6)CC6C(O)C7(CCC(CCc8ccccc8)C7)CC4(C=O)C56O)C2(O)CC2CC1C1OC(=O)C=C1C23. The van der Waals surface area contributed by atoms with Crippen LogP contribution in [0.15, 0.2) is 72.3 Å². The Bertz CT molecular complexity index is 2600. The van der Waals surface area contributed by atoms with Crippen molar-refractivity contribution in [2.75, 3.05) is 7.05 Å². The van der Waals surface area contributed by atoms with Gasteiger partial charge in [-0.05, 0) is 191 Å². The van der Waals surface area contributed by atoms with E-state index in [4.69, 9.17) is 4.74 Å². The van der Waals surface area contributed by atoms with E-state index >= 15 is 4.79 Å². The molecule has 0 amide bonds. The van der Waals surface area contributed by atoms with Gasteiger partial charge in [0.2, 0.25) is 0 Å². The molecule has 19 atom stereocenters. The monoisotopic (exact) mass is 978 g/mol. The molecule has 14 rings (SSSR count). The van der Waals surface area contributed by atoms with Crippen LogP contribution in [0.4, 0.5) is 0 Å². The second-order valence-electron chi connectivity index (χ2n) is 26.2. The third-order valence-corrected chi connectivity index (χ3v) is 23.9. The van der Waals surface area contributed by atoms with Crippen LogP contribution in [-0.4, -0.2) is 79.9 Å². The maximum atomic E-state index is 15.2. The number of nitrogens with one attached hydrogen (secondary N) is 1. The zero-order valence-electron chi connectivity index (χ0n) is 42.5. The summed E-state index contributed by atoms with van der Waals surface area (Å²) in [5.41, 5.74) is -2.98. The molecule has 8 saturated carbocycles. The van der Waals surface area contributed by atoms with Gasteiger partial charge in [0.05, 0.1) is 29.3 Å². The normalized spacial score (nSPS) is 47.7. The first kappa shape index (κ1) is 48.1. The Morgan fingerprint density at radius 2 is 1.72 bits per heavy atom. The van der Waals surface area contributed by atoms with Gasteiger partial charge in [-0.3, -0.25) is 0 Å². The third-order valence-electron chi connectivity index (χ3n) is 23.9. The summed E-state index contributed by atoms with van der Waals surface area (Å²) in [5, 5.41) is 71.5. The minimum Gasteiger partial charge on any atom is -0.454 e. The number of aryl methyl sites for hydroxylation is 1. The van der Waals surface area contributed by atoms with E-state index in [9.17, 15) is 30.3 Å². The number of benzene rings is 2. The minimum atomic E-state index is -1.75. The largest absolute Gasteiger partial charge is 0.454 e. The van der Waals surface area contributed by atoms with Crippen LogP contribution in [0.1, 0.15) is 144 Å². The fourth-order valence-corrected chi connectivity index (χ4v) is 21.2. The molecular formula is C63H79NO8. The van der Waals surface area contributed by atoms with Crippen molar-refractivity contribution < 1.29 is 39.9 Å². The number of carbonyl (C=O) groups excluding carboxylic acids is 2. The van der Waals surface area contributed by atoms with Crippen LogP contribution in [0.5, 0.6) is 0 Å². The number of allylic oxidation sites excluding steroid dienone is 2. The Hall–Kier alpha value is -3.62. The number of hydrogen-bond acceptors (Lipinski definition) is 9. The van der Waals surface area contributed by atoms with Crippen LogP contribution in [0.25, 0.3) is 0 Å². The lowest BCUT2D eigenvalue weighted by molar-refractivity contribution is -0.355. The Kier molecular flexibility index (Phi) is 11.7. The van der Waals surface area contributed by atoms with Crippen LogP contribution in [0.3, 0.4) is 0 Å². The molecule has 2 aromatic rings. The summed E-state index contributed by atoms with van der Waals surface area (Å²) in [4.78, 5) is 28.9. The van der Waals surface area contributed by atoms with Crippen LogP contribution in [0, 0.1) is 93.2 Å². The van der Waals surface area contributed by atoms with Crippen molar-refractivity contribution in [1.82, 2.24) is 5.32 Å². The van der Waals surface area contributed by atoms with Crippen molar-refractivity contribution >= 4 is 12.3 Å². The molecule has 4 bridgehead atoms. The summed E-state index contributed by atoms with van der Waals surface area (Å²) >= 11 is 0.